The highest BCUT2D eigenvalue weighted by Crippen LogP contribution is 2.36. The molecule has 0 radical (unpaired) electrons. The maximum atomic E-state index is 13.0. The summed E-state index contributed by atoms with van der Waals surface area (Å²) in [7, 11) is 3.00. The molecule has 1 N–H and O–H groups in total. The van der Waals surface area contributed by atoms with Crippen LogP contribution in [0.1, 0.15) is 11.1 Å². The molecule has 0 bridgehead atoms. The van der Waals surface area contributed by atoms with Crippen LogP contribution in [0, 0.1) is 0 Å². The van der Waals surface area contributed by atoms with Gasteiger partial charge in [0.2, 0.25) is 0 Å². The molecule has 2 aromatic rings. The Labute approximate surface area is 126 Å². The quantitative estimate of drug-likeness (QED) is 0.891. The Kier molecular flexibility index (Phi) is 4.80. The summed E-state index contributed by atoms with van der Waals surface area (Å²) in [6.07, 6.45) is -4.40. The maximum absolute atomic E-state index is 13.0. The molecule has 2 aromatic carbocycles. The fraction of sp³-hybridized carbons (Fsp3) is 0.250. The van der Waals surface area contributed by atoms with Gasteiger partial charge in [0.15, 0.2) is 11.5 Å². The number of nitrogens with one attached hydrogen (secondary N) is 1. The van der Waals surface area contributed by atoms with Crippen molar-refractivity contribution in [1.29, 1.82) is 0 Å². The van der Waals surface area contributed by atoms with Crippen molar-refractivity contribution >= 4 is 5.69 Å². The van der Waals surface area contributed by atoms with Crippen LogP contribution in [0.2, 0.25) is 0 Å². The predicted octanol–water partition coefficient (Wildman–Crippen LogP) is 4.33. The minimum absolute atomic E-state index is 0.0277. The summed E-state index contributed by atoms with van der Waals surface area (Å²) in [5.41, 5.74) is 0.0376. The number of alkyl halides is 3. The van der Waals surface area contributed by atoms with Crippen LogP contribution >= 0.6 is 0 Å². The summed E-state index contributed by atoms with van der Waals surface area (Å²) in [5, 5.41) is 2.81. The van der Waals surface area contributed by atoms with E-state index in [0.717, 1.165) is 6.07 Å². The Bertz CT molecular complexity index is 642. The van der Waals surface area contributed by atoms with E-state index in [1.807, 2.05) is 0 Å². The van der Waals surface area contributed by atoms with Crippen molar-refractivity contribution < 1.29 is 22.6 Å². The van der Waals surface area contributed by atoms with E-state index in [1.165, 1.54) is 26.4 Å². The summed E-state index contributed by atoms with van der Waals surface area (Å²) < 4.78 is 49.3. The Morgan fingerprint density at radius 2 is 1.68 bits per heavy atom. The average Bonchev–Trinajstić information content (AvgIpc) is 2.51. The summed E-state index contributed by atoms with van der Waals surface area (Å²) in [6, 6.07) is 10.6. The summed E-state index contributed by atoms with van der Waals surface area (Å²) >= 11 is 0. The van der Waals surface area contributed by atoms with E-state index < -0.39 is 11.7 Å². The molecule has 3 nitrogen and oxygen atoms in total. The summed E-state index contributed by atoms with van der Waals surface area (Å²) in [6.45, 7) is 0.188. The molecule has 0 saturated carbocycles. The van der Waals surface area contributed by atoms with Gasteiger partial charge in [-0.25, -0.2) is 0 Å². The van der Waals surface area contributed by atoms with Crippen molar-refractivity contribution in [3.8, 4) is 11.5 Å². The lowest BCUT2D eigenvalue weighted by atomic mass is 10.1. The molecular weight excluding hydrogens is 295 g/mol. The number of hydrogen-bond donors (Lipinski definition) is 1. The second-order valence-electron chi connectivity index (χ2n) is 4.55. The average molecular weight is 311 g/mol. The van der Waals surface area contributed by atoms with Crippen LogP contribution in [-0.4, -0.2) is 14.2 Å². The van der Waals surface area contributed by atoms with Gasteiger partial charge in [0, 0.05) is 17.8 Å². The Morgan fingerprint density at radius 1 is 0.955 bits per heavy atom. The van der Waals surface area contributed by atoms with Crippen LogP contribution in [0.4, 0.5) is 18.9 Å². The lowest BCUT2D eigenvalue weighted by molar-refractivity contribution is -0.136. The fourth-order valence-corrected chi connectivity index (χ4v) is 2.17. The van der Waals surface area contributed by atoms with Crippen molar-refractivity contribution in [3.63, 3.8) is 0 Å². The molecule has 0 saturated heterocycles. The third kappa shape index (κ3) is 3.44. The monoisotopic (exact) mass is 311 g/mol. The van der Waals surface area contributed by atoms with Crippen LogP contribution in [0.15, 0.2) is 42.5 Å². The number of rotatable bonds is 5. The maximum Gasteiger partial charge on any atom is 0.418 e. The first-order chi connectivity index (χ1) is 10.5. The highest BCUT2D eigenvalue weighted by atomic mass is 19.4. The first-order valence-electron chi connectivity index (χ1n) is 6.57. The van der Waals surface area contributed by atoms with E-state index in [9.17, 15) is 13.2 Å². The van der Waals surface area contributed by atoms with Gasteiger partial charge in [-0.05, 0) is 18.2 Å². The molecule has 118 valence electrons. The van der Waals surface area contributed by atoms with Crippen LogP contribution in [0.3, 0.4) is 0 Å². The SMILES string of the molecule is COc1cccc(CNc2ccccc2C(F)(F)F)c1OC. The van der Waals surface area contributed by atoms with E-state index >= 15 is 0 Å². The molecule has 0 aromatic heterocycles. The number of ether oxygens (including phenoxy) is 2. The zero-order chi connectivity index (χ0) is 16.2. The van der Waals surface area contributed by atoms with Gasteiger partial charge in [0.05, 0.1) is 19.8 Å². The number of benzene rings is 2. The topological polar surface area (TPSA) is 30.5 Å². The number of methoxy groups -OCH3 is 2. The van der Waals surface area contributed by atoms with Crippen LogP contribution in [0.5, 0.6) is 11.5 Å². The zero-order valence-corrected chi connectivity index (χ0v) is 12.2. The van der Waals surface area contributed by atoms with E-state index in [0.29, 0.717) is 17.1 Å². The molecule has 0 spiro atoms. The van der Waals surface area contributed by atoms with Crippen LogP contribution < -0.4 is 14.8 Å². The third-order valence-corrected chi connectivity index (χ3v) is 3.19. The molecule has 22 heavy (non-hydrogen) atoms. The van der Waals surface area contributed by atoms with Crippen molar-refractivity contribution in [2.45, 2.75) is 12.7 Å². The molecule has 2 rings (SSSR count). The van der Waals surface area contributed by atoms with Gasteiger partial charge in [-0.2, -0.15) is 13.2 Å². The lowest BCUT2D eigenvalue weighted by Gasteiger charge is -2.16. The summed E-state index contributed by atoms with van der Waals surface area (Å²) in [4.78, 5) is 0. The number of hydrogen-bond acceptors (Lipinski definition) is 3. The second kappa shape index (κ2) is 6.60. The van der Waals surface area contributed by atoms with Crippen molar-refractivity contribution in [3.05, 3.63) is 53.6 Å². The van der Waals surface area contributed by atoms with E-state index in [4.69, 9.17) is 9.47 Å². The second-order valence-corrected chi connectivity index (χ2v) is 4.55. The normalized spacial score (nSPS) is 11.1. The fourth-order valence-electron chi connectivity index (χ4n) is 2.17. The lowest BCUT2D eigenvalue weighted by Crippen LogP contribution is -2.11. The van der Waals surface area contributed by atoms with Gasteiger partial charge in [-0.1, -0.05) is 24.3 Å². The minimum atomic E-state index is -4.40. The van der Waals surface area contributed by atoms with Gasteiger partial charge >= 0.3 is 6.18 Å². The van der Waals surface area contributed by atoms with E-state index in [1.54, 1.807) is 24.3 Å². The number of para-hydroxylation sites is 2. The molecule has 0 aliphatic rings. The highest BCUT2D eigenvalue weighted by Gasteiger charge is 2.33. The molecule has 0 heterocycles. The Hall–Kier alpha value is -2.37. The van der Waals surface area contributed by atoms with Crippen LogP contribution in [-0.2, 0) is 12.7 Å². The molecule has 0 aliphatic heterocycles. The molecule has 0 fully saturated rings. The smallest absolute Gasteiger partial charge is 0.418 e. The van der Waals surface area contributed by atoms with Gasteiger partial charge in [-0.15, -0.1) is 0 Å². The van der Waals surface area contributed by atoms with Gasteiger partial charge in [-0.3, -0.25) is 0 Å². The predicted molar refractivity (Wildman–Crippen MR) is 78.3 cm³/mol. The Morgan fingerprint density at radius 3 is 2.32 bits per heavy atom. The van der Waals surface area contributed by atoms with Crippen molar-refractivity contribution in [1.82, 2.24) is 0 Å². The molecule has 0 unspecified atom stereocenters. The molecule has 0 atom stereocenters. The van der Waals surface area contributed by atoms with Crippen LogP contribution in [0.25, 0.3) is 0 Å². The Balaban J connectivity index is 2.25. The largest absolute Gasteiger partial charge is 0.493 e. The van der Waals surface area contributed by atoms with E-state index in [-0.39, 0.29) is 12.2 Å². The molecule has 0 amide bonds. The summed E-state index contributed by atoms with van der Waals surface area (Å²) in [5.74, 6) is 1.04. The first-order valence-corrected chi connectivity index (χ1v) is 6.57. The van der Waals surface area contributed by atoms with Gasteiger partial charge in [0.1, 0.15) is 0 Å². The number of halogens is 3. The molecule has 6 heteroatoms. The highest BCUT2D eigenvalue weighted by molar-refractivity contribution is 5.54. The van der Waals surface area contributed by atoms with E-state index in [2.05, 4.69) is 5.32 Å². The van der Waals surface area contributed by atoms with Gasteiger partial charge < -0.3 is 14.8 Å². The van der Waals surface area contributed by atoms with Gasteiger partial charge in [0.25, 0.3) is 0 Å². The number of anilines is 1. The molecular formula is C16H16F3NO2. The van der Waals surface area contributed by atoms with Crippen molar-refractivity contribution in [2.24, 2.45) is 0 Å². The third-order valence-electron chi connectivity index (χ3n) is 3.19. The first kappa shape index (κ1) is 16.0. The standard InChI is InChI=1S/C16H16F3NO2/c1-21-14-9-5-6-11(15(14)22-2)10-20-13-8-4-3-7-12(13)16(17,18)19/h3-9,20H,10H2,1-2H3. The minimum Gasteiger partial charge on any atom is -0.493 e. The molecule has 0 aliphatic carbocycles. The van der Waals surface area contributed by atoms with Crippen molar-refractivity contribution in [2.75, 3.05) is 19.5 Å². The zero-order valence-electron chi connectivity index (χ0n) is 12.2.